The summed E-state index contributed by atoms with van der Waals surface area (Å²) in [5.41, 5.74) is 1.44. The number of benzene rings is 1. The van der Waals surface area contributed by atoms with Crippen LogP contribution in [0, 0.1) is 0 Å². The van der Waals surface area contributed by atoms with Crippen molar-refractivity contribution in [3.63, 3.8) is 0 Å². The Labute approximate surface area is 138 Å². The summed E-state index contributed by atoms with van der Waals surface area (Å²) >= 11 is 7.19. The number of nitrogens with one attached hydrogen (secondary N) is 1. The molecule has 0 fully saturated rings. The lowest BCUT2D eigenvalue weighted by molar-refractivity contribution is 0.551. The van der Waals surface area contributed by atoms with E-state index in [0.29, 0.717) is 6.04 Å². The van der Waals surface area contributed by atoms with Crippen molar-refractivity contribution in [3.8, 4) is 0 Å². The molecule has 0 aliphatic heterocycles. The molecule has 1 nitrogen and oxygen atoms in total. The summed E-state index contributed by atoms with van der Waals surface area (Å²) in [6.45, 7) is 3.31. The molecule has 0 saturated heterocycles. The molecule has 2 rings (SSSR count). The molecule has 0 bridgehead atoms. The monoisotopic (exact) mass is 369 g/mol. The van der Waals surface area contributed by atoms with Crippen LogP contribution in [0.2, 0.25) is 0 Å². The standard InChI is InChI=1S/C16H20BrNS2/c1-2-8-18-15(10-13-7-9-19-11-13)12-20-16-5-3-14(17)4-6-16/h3-7,9,11,15,18H,2,8,10,12H2,1H3. The number of thiophene rings is 1. The summed E-state index contributed by atoms with van der Waals surface area (Å²) in [5.74, 6) is 1.11. The van der Waals surface area contributed by atoms with E-state index in [1.54, 1.807) is 11.3 Å². The number of rotatable bonds is 8. The molecule has 4 heteroatoms. The van der Waals surface area contributed by atoms with Crippen molar-refractivity contribution < 1.29 is 0 Å². The molecule has 1 unspecified atom stereocenters. The first-order chi connectivity index (χ1) is 9.78. The maximum atomic E-state index is 3.66. The topological polar surface area (TPSA) is 12.0 Å². The van der Waals surface area contributed by atoms with Gasteiger partial charge in [0.2, 0.25) is 0 Å². The van der Waals surface area contributed by atoms with Crippen LogP contribution in [-0.4, -0.2) is 18.3 Å². The zero-order chi connectivity index (χ0) is 14.2. The van der Waals surface area contributed by atoms with Gasteiger partial charge >= 0.3 is 0 Å². The van der Waals surface area contributed by atoms with E-state index in [1.165, 1.54) is 16.9 Å². The number of hydrogen-bond donors (Lipinski definition) is 1. The van der Waals surface area contributed by atoms with Gasteiger partial charge in [0.15, 0.2) is 0 Å². The van der Waals surface area contributed by atoms with Crippen molar-refractivity contribution >= 4 is 39.0 Å². The van der Waals surface area contributed by atoms with Gasteiger partial charge in [-0.2, -0.15) is 11.3 Å². The second kappa shape index (κ2) is 8.88. The fraction of sp³-hybridized carbons (Fsp3) is 0.375. The van der Waals surface area contributed by atoms with Gasteiger partial charge in [-0.1, -0.05) is 22.9 Å². The van der Waals surface area contributed by atoms with Crippen molar-refractivity contribution in [2.75, 3.05) is 12.3 Å². The number of hydrogen-bond acceptors (Lipinski definition) is 3. The van der Waals surface area contributed by atoms with Crippen molar-refractivity contribution in [3.05, 3.63) is 51.1 Å². The van der Waals surface area contributed by atoms with Crippen LogP contribution < -0.4 is 5.32 Å². The second-order valence-electron chi connectivity index (χ2n) is 4.75. The first-order valence-electron chi connectivity index (χ1n) is 6.90. The predicted molar refractivity (Wildman–Crippen MR) is 95.0 cm³/mol. The second-order valence-corrected chi connectivity index (χ2v) is 7.54. The average Bonchev–Trinajstić information content (AvgIpc) is 2.96. The van der Waals surface area contributed by atoms with E-state index >= 15 is 0 Å². The molecule has 1 atom stereocenters. The molecular weight excluding hydrogens is 350 g/mol. The van der Waals surface area contributed by atoms with Crippen molar-refractivity contribution in [1.29, 1.82) is 0 Å². The molecule has 1 aromatic heterocycles. The summed E-state index contributed by atoms with van der Waals surface area (Å²) in [5, 5.41) is 8.08. The highest BCUT2D eigenvalue weighted by Crippen LogP contribution is 2.22. The zero-order valence-electron chi connectivity index (χ0n) is 11.6. The fourth-order valence-corrected chi connectivity index (χ4v) is 3.86. The molecule has 0 saturated carbocycles. The Hall–Kier alpha value is -0.290. The Morgan fingerprint density at radius 1 is 1.25 bits per heavy atom. The maximum Gasteiger partial charge on any atom is 0.0202 e. The average molecular weight is 370 g/mol. The molecule has 0 aliphatic rings. The molecule has 0 radical (unpaired) electrons. The highest BCUT2D eigenvalue weighted by Gasteiger charge is 2.10. The minimum Gasteiger partial charge on any atom is -0.313 e. The van der Waals surface area contributed by atoms with Crippen molar-refractivity contribution in [1.82, 2.24) is 5.32 Å². The minimum absolute atomic E-state index is 0.540. The predicted octanol–water partition coefficient (Wildman–Crippen LogP) is 5.21. The summed E-state index contributed by atoms with van der Waals surface area (Å²) in [4.78, 5) is 1.34. The third kappa shape index (κ3) is 5.60. The summed E-state index contributed by atoms with van der Waals surface area (Å²) < 4.78 is 1.14. The smallest absolute Gasteiger partial charge is 0.0202 e. The fourth-order valence-electron chi connectivity index (χ4n) is 1.96. The normalized spacial score (nSPS) is 12.5. The van der Waals surface area contributed by atoms with Crippen LogP contribution in [0.15, 0.2) is 50.5 Å². The molecule has 2 aromatic rings. The van der Waals surface area contributed by atoms with Crippen LogP contribution in [-0.2, 0) is 6.42 Å². The van der Waals surface area contributed by atoms with Crippen LogP contribution in [0.4, 0.5) is 0 Å². The molecule has 1 heterocycles. The van der Waals surface area contributed by atoms with Gasteiger partial charge in [0.05, 0.1) is 0 Å². The van der Waals surface area contributed by atoms with Gasteiger partial charge in [-0.3, -0.25) is 0 Å². The van der Waals surface area contributed by atoms with Gasteiger partial charge in [-0.05, 0) is 66.0 Å². The molecule has 1 N–H and O–H groups in total. The molecule has 0 aliphatic carbocycles. The van der Waals surface area contributed by atoms with Crippen LogP contribution in [0.25, 0.3) is 0 Å². The van der Waals surface area contributed by atoms with E-state index in [0.717, 1.165) is 23.2 Å². The largest absolute Gasteiger partial charge is 0.313 e. The minimum atomic E-state index is 0.540. The van der Waals surface area contributed by atoms with Crippen LogP contribution in [0.5, 0.6) is 0 Å². The molecule has 0 spiro atoms. The Morgan fingerprint density at radius 2 is 2.05 bits per heavy atom. The van der Waals surface area contributed by atoms with Crippen molar-refractivity contribution in [2.45, 2.75) is 30.7 Å². The Bertz CT molecular complexity index is 482. The Morgan fingerprint density at radius 3 is 2.70 bits per heavy atom. The number of halogens is 1. The number of thioether (sulfide) groups is 1. The summed E-state index contributed by atoms with van der Waals surface area (Å²) in [6, 6.07) is 11.3. The summed E-state index contributed by atoms with van der Waals surface area (Å²) in [6.07, 6.45) is 2.30. The first kappa shape index (κ1) is 16.1. The van der Waals surface area contributed by atoms with E-state index in [9.17, 15) is 0 Å². The maximum absolute atomic E-state index is 3.66. The van der Waals surface area contributed by atoms with Crippen LogP contribution >= 0.6 is 39.0 Å². The van der Waals surface area contributed by atoms with E-state index in [4.69, 9.17) is 0 Å². The van der Waals surface area contributed by atoms with Crippen LogP contribution in [0.3, 0.4) is 0 Å². The van der Waals surface area contributed by atoms with E-state index < -0.39 is 0 Å². The zero-order valence-corrected chi connectivity index (χ0v) is 14.9. The van der Waals surface area contributed by atoms with Crippen molar-refractivity contribution in [2.24, 2.45) is 0 Å². The highest BCUT2D eigenvalue weighted by molar-refractivity contribution is 9.10. The Balaban J connectivity index is 1.87. The highest BCUT2D eigenvalue weighted by atomic mass is 79.9. The van der Waals surface area contributed by atoms with Gasteiger partial charge < -0.3 is 5.32 Å². The van der Waals surface area contributed by atoms with Gasteiger partial charge in [0.25, 0.3) is 0 Å². The Kier molecular flexibility index (Phi) is 7.14. The van der Waals surface area contributed by atoms with E-state index in [1.807, 2.05) is 11.8 Å². The van der Waals surface area contributed by atoms with Gasteiger partial charge in [0.1, 0.15) is 0 Å². The third-order valence-electron chi connectivity index (χ3n) is 3.01. The lowest BCUT2D eigenvalue weighted by Gasteiger charge is -2.17. The molecular formula is C16H20BrNS2. The van der Waals surface area contributed by atoms with Crippen LogP contribution in [0.1, 0.15) is 18.9 Å². The van der Waals surface area contributed by atoms with E-state index in [-0.39, 0.29) is 0 Å². The molecule has 0 amide bonds. The summed E-state index contributed by atoms with van der Waals surface area (Å²) in [7, 11) is 0. The van der Waals surface area contributed by atoms with Gasteiger partial charge in [0, 0.05) is 21.2 Å². The molecule has 1 aromatic carbocycles. The first-order valence-corrected chi connectivity index (χ1v) is 9.63. The quantitative estimate of drug-likeness (QED) is 0.640. The van der Waals surface area contributed by atoms with Gasteiger partial charge in [-0.25, -0.2) is 0 Å². The SMILES string of the molecule is CCCNC(CSc1ccc(Br)cc1)Cc1ccsc1. The van der Waals surface area contributed by atoms with Gasteiger partial charge in [-0.15, -0.1) is 11.8 Å². The van der Waals surface area contributed by atoms with E-state index in [2.05, 4.69) is 69.3 Å². The lowest BCUT2D eigenvalue weighted by atomic mass is 10.1. The molecule has 20 heavy (non-hydrogen) atoms. The third-order valence-corrected chi connectivity index (χ3v) is 5.45. The lowest BCUT2D eigenvalue weighted by Crippen LogP contribution is -2.33. The molecule has 108 valence electrons.